The van der Waals surface area contributed by atoms with Gasteiger partial charge in [-0.1, -0.05) is 0 Å². The van der Waals surface area contributed by atoms with Gasteiger partial charge in [0.1, 0.15) is 5.82 Å². The van der Waals surface area contributed by atoms with E-state index >= 15 is 0 Å². The standard InChI is InChI=1S/C10H18N4S/c1-7-5-12-10(11-3)14-9(7)13-8(2)6-15-4/h5,8H,6H2,1-4H3,(H2,11,12,13,14). The van der Waals surface area contributed by atoms with Gasteiger partial charge in [0, 0.05) is 30.6 Å². The average Bonchev–Trinajstić information content (AvgIpc) is 2.21. The molecule has 2 N–H and O–H groups in total. The van der Waals surface area contributed by atoms with E-state index in [9.17, 15) is 0 Å². The molecule has 0 amide bonds. The number of nitrogens with zero attached hydrogens (tertiary/aromatic N) is 2. The summed E-state index contributed by atoms with van der Waals surface area (Å²) in [5.41, 5.74) is 1.07. The molecule has 5 heteroatoms. The maximum absolute atomic E-state index is 4.37. The molecular formula is C10H18N4S. The summed E-state index contributed by atoms with van der Waals surface area (Å²) in [4.78, 5) is 8.51. The summed E-state index contributed by atoms with van der Waals surface area (Å²) in [7, 11) is 1.82. The third kappa shape index (κ3) is 3.58. The van der Waals surface area contributed by atoms with Crippen LogP contribution in [0.25, 0.3) is 0 Å². The molecular weight excluding hydrogens is 208 g/mol. The second kappa shape index (κ2) is 5.80. The minimum Gasteiger partial charge on any atom is -0.366 e. The van der Waals surface area contributed by atoms with Crippen molar-refractivity contribution < 1.29 is 0 Å². The van der Waals surface area contributed by atoms with Gasteiger partial charge in [-0.3, -0.25) is 0 Å². The minimum atomic E-state index is 0.415. The van der Waals surface area contributed by atoms with E-state index in [-0.39, 0.29) is 0 Å². The fourth-order valence-corrected chi connectivity index (χ4v) is 1.82. The predicted molar refractivity (Wildman–Crippen MR) is 67.8 cm³/mol. The monoisotopic (exact) mass is 226 g/mol. The molecule has 0 aliphatic heterocycles. The van der Waals surface area contributed by atoms with Gasteiger partial charge >= 0.3 is 0 Å². The molecule has 0 fully saturated rings. The van der Waals surface area contributed by atoms with Crippen LogP contribution in [0.1, 0.15) is 12.5 Å². The summed E-state index contributed by atoms with van der Waals surface area (Å²) in [6.07, 6.45) is 3.93. The van der Waals surface area contributed by atoms with E-state index in [1.807, 2.05) is 31.9 Å². The first kappa shape index (κ1) is 12.1. The van der Waals surface area contributed by atoms with Gasteiger partial charge in [-0.05, 0) is 20.1 Å². The quantitative estimate of drug-likeness (QED) is 0.804. The topological polar surface area (TPSA) is 49.8 Å². The number of aromatic nitrogens is 2. The zero-order valence-electron chi connectivity index (χ0n) is 9.66. The van der Waals surface area contributed by atoms with Crippen molar-refractivity contribution in [2.24, 2.45) is 0 Å². The van der Waals surface area contributed by atoms with E-state index in [2.05, 4.69) is 33.8 Å². The maximum Gasteiger partial charge on any atom is 0.224 e. The molecule has 1 heterocycles. The highest BCUT2D eigenvalue weighted by molar-refractivity contribution is 7.98. The van der Waals surface area contributed by atoms with Crippen LogP contribution in [0.5, 0.6) is 0 Å². The van der Waals surface area contributed by atoms with E-state index in [1.54, 1.807) is 0 Å². The number of hydrogen-bond acceptors (Lipinski definition) is 5. The van der Waals surface area contributed by atoms with Gasteiger partial charge in [-0.2, -0.15) is 16.7 Å². The summed E-state index contributed by atoms with van der Waals surface area (Å²) < 4.78 is 0. The highest BCUT2D eigenvalue weighted by Gasteiger charge is 2.06. The molecule has 15 heavy (non-hydrogen) atoms. The van der Waals surface area contributed by atoms with Crippen molar-refractivity contribution in [1.29, 1.82) is 0 Å². The van der Waals surface area contributed by atoms with Crippen molar-refractivity contribution in [2.75, 3.05) is 29.7 Å². The molecule has 0 bridgehead atoms. The fraction of sp³-hybridized carbons (Fsp3) is 0.600. The van der Waals surface area contributed by atoms with Crippen molar-refractivity contribution >= 4 is 23.5 Å². The van der Waals surface area contributed by atoms with E-state index in [0.29, 0.717) is 12.0 Å². The summed E-state index contributed by atoms with van der Waals surface area (Å²) in [6.45, 7) is 4.16. The lowest BCUT2D eigenvalue weighted by Crippen LogP contribution is -2.19. The number of hydrogen-bond donors (Lipinski definition) is 2. The Balaban J connectivity index is 2.74. The molecule has 0 aliphatic rings. The fourth-order valence-electron chi connectivity index (χ4n) is 1.23. The van der Waals surface area contributed by atoms with Crippen LogP contribution in [0.15, 0.2) is 6.20 Å². The zero-order chi connectivity index (χ0) is 11.3. The zero-order valence-corrected chi connectivity index (χ0v) is 10.5. The molecule has 1 rings (SSSR count). The number of aryl methyl sites for hydroxylation is 1. The minimum absolute atomic E-state index is 0.415. The van der Waals surface area contributed by atoms with Crippen LogP contribution in [-0.4, -0.2) is 35.1 Å². The van der Waals surface area contributed by atoms with Gasteiger partial charge in [0.25, 0.3) is 0 Å². The van der Waals surface area contributed by atoms with Gasteiger partial charge in [-0.25, -0.2) is 4.98 Å². The van der Waals surface area contributed by atoms with Gasteiger partial charge in [0.05, 0.1) is 0 Å². The summed E-state index contributed by atoms with van der Waals surface area (Å²) >= 11 is 1.82. The van der Waals surface area contributed by atoms with E-state index in [0.717, 1.165) is 17.1 Å². The smallest absolute Gasteiger partial charge is 0.224 e. The van der Waals surface area contributed by atoms with Crippen molar-refractivity contribution in [3.8, 4) is 0 Å². The van der Waals surface area contributed by atoms with Crippen molar-refractivity contribution in [3.63, 3.8) is 0 Å². The number of anilines is 2. The van der Waals surface area contributed by atoms with E-state index in [1.165, 1.54) is 0 Å². The molecule has 1 unspecified atom stereocenters. The SMILES string of the molecule is CNc1ncc(C)c(NC(C)CSC)n1. The Kier molecular flexibility index (Phi) is 4.68. The first-order valence-electron chi connectivity index (χ1n) is 4.94. The normalized spacial score (nSPS) is 12.3. The lowest BCUT2D eigenvalue weighted by atomic mass is 10.3. The lowest BCUT2D eigenvalue weighted by molar-refractivity contribution is 0.896. The molecule has 0 aliphatic carbocycles. The Morgan fingerprint density at radius 1 is 1.53 bits per heavy atom. The van der Waals surface area contributed by atoms with Gasteiger partial charge in [-0.15, -0.1) is 0 Å². The van der Waals surface area contributed by atoms with Crippen LogP contribution in [0.4, 0.5) is 11.8 Å². The number of thioether (sulfide) groups is 1. The summed E-state index contributed by atoms with van der Waals surface area (Å²) in [6, 6.07) is 0.415. The second-order valence-corrected chi connectivity index (χ2v) is 4.39. The van der Waals surface area contributed by atoms with Crippen LogP contribution in [0.2, 0.25) is 0 Å². The highest BCUT2D eigenvalue weighted by atomic mass is 32.2. The van der Waals surface area contributed by atoms with Gasteiger partial charge < -0.3 is 10.6 Å². The van der Waals surface area contributed by atoms with Gasteiger partial charge in [0.15, 0.2) is 0 Å². The summed E-state index contributed by atoms with van der Waals surface area (Å²) in [5.74, 6) is 2.63. The summed E-state index contributed by atoms with van der Waals surface area (Å²) in [5, 5.41) is 6.31. The van der Waals surface area contributed by atoms with Crippen LogP contribution < -0.4 is 10.6 Å². The largest absolute Gasteiger partial charge is 0.366 e. The number of rotatable bonds is 5. The predicted octanol–water partition coefficient (Wildman–Crippen LogP) is 1.99. The van der Waals surface area contributed by atoms with Crippen molar-refractivity contribution in [3.05, 3.63) is 11.8 Å². The average molecular weight is 226 g/mol. The molecule has 0 saturated heterocycles. The Morgan fingerprint density at radius 2 is 2.27 bits per heavy atom. The van der Waals surface area contributed by atoms with Crippen molar-refractivity contribution in [1.82, 2.24) is 9.97 Å². The Labute approximate surface area is 95.3 Å². The van der Waals surface area contributed by atoms with Crippen molar-refractivity contribution in [2.45, 2.75) is 19.9 Å². The first-order chi connectivity index (χ1) is 7.17. The van der Waals surface area contributed by atoms with Crippen LogP contribution in [0.3, 0.4) is 0 Å². The van der Waals surface area contributed by atoms with Crippen LogP contribution in [-0.2, 0) is 0 Å². The highest BCUT2D eigenvalue weighted by Crippen LogP contribution is 2.14. The molecule has 1 atom stereocenters. The molecule has 1 aromatic rings. The molecule has 0 spiro atoms. The second-order valence-electron chi connectivity index (χ2n) is 3.48. The lowest BCUT2D eigenvalue weighted by Gasteiger charge is -2.15. The molecule has 0 saturated carbocycles. The van der Waals surface area contributed by atoms with E-state index < -0.39 is 0 Å². The first-order valence-corrected chi connectivity index (χ1v) is 6.33. The number of nitrogens with one attached hydrogen (secondary N) is 2. The van der Waals surface area contributed by atoms with Gasteiger partial charge in [0.2, 0.25) is 5.95 Å². The Hall–Kier alpha value is -0.970. The van der Waals surface area contributed by atoms with Crippen LogP contribution in [0, 0.1) is 6.92 Å². The molecule has 0 aromatic carbocycles. The molecule has 1 aromatic heterocycles. The van der Waals surface area contributed by atoms with Crippen LogP contribution >= 0.6 is 11.8 Å². The van der Waals surface area contributed by atoms with E-state index in [4.69, 9.17) is 0 Å². The molecule has 4 nitrogen and oxygen atoms in total. The molecule has 0 radical (unpaired) electrons. The third-order valence-corrected chi connectivity index (χ3v) is 2.83. The molecule has 84 valence electrons. The maximum atomic E-state index is 4.37. The Bertz CT molecular complexity index is 316. The Morgan fingerprint density at radius 3 is 2.87 bits per heavy atom. The third-order valence-electron chi connectivity index (χ3n) is 2.00.